The maximum absolute atomic E-state index is 12.8. The number of benzene rings is 1. The van der Waals surface area contributed by atoms with Crippen molar-refractivity contribution in [2.45, 2.75) is 31.4 Å². The number of hydrogen-bond donors (Lipinski definition) is 1. The normalized spacial score (nSPS) is 26.4. The molecule has 2 aliphatic rings. The van der Waals surface area contributed by atoms with Crippen molar-refractivity contribution in [3.63, 3.8) is 0 Å². The van der Waals surface area contributed by atoms with Crippen LogP contribution in [0.3, 0.4) is 0 Å². The first kappa shape index (κ1) is 14.7. The van der Waals surface area contributed by atoms with Gasteiger partial charge in [-0.1, -0.05) is 18.2 Å². The van der Waals surface area contributed by atoms with Crippen molar-refractivity contribution in [2.75, 3.05) is 31.5 Å². The minimum atomic E-state index is -4.04. The molecule has 2 heterocycles. The zero-order valence-corrected chi connectivity index (χ0v) is 12.0. The minimum absolute atomic E-state index is 0.172. The third-order valence-electron chi connectivity index (χ3n) is 4.70. The van der Waals surface area contributed by atoms with E-state index in [-0.39, 0.29) is 13.0 Å². The Hall–Kier alpha value is -1.23. The van der Waals surface area contributed by atoms with E-state index in [1.165, 1.54) is 11.3 Å². The number of halogens is 3. The average molecular weight is 298 g/mol. The van der Waals surface area contributed by atoms with Gasteiger partial charge in [-0.2, -0.15) is 13.2 Å². The third kappa shape index (κ3) is 3.34. The molecule has 0 aliphatic carbocycles. The highest BCUT2D eigenvalue weighted by atomic mass is 19.4. The fraction of sp³-hybridized carbons (Fsp3) is 0.625. The molecule has 1 saturated heterocycles. The molecule has 1 aromatic rings. The molecular weight excluding hydrogens is 277 g/mol. The number of hydrogen-bond acceptors (Lipinski definition) is 2. The molecule has 116 valence electrons. The van der Waals surface area contributed by atoms with Crippen LogP contribution in [-0.4, -0.2) is 37.3 Å². The fourth-order valence-electron chi connectivity index (χ4n) is 3.48. The highest BCUT2D eigenvalue weighted by Crippen LogP contribution is 2.35. The predicted molar refractivity (Wildman–Crippen MR) is 77.5 cm³/mol. The topological polar surface area (TPSA) is 15.3 Å². The summed E-state index contributed by atoms with van der Waals surface area (Å²) < 4.78 is 38.4. The standard InChI is InChI=1S/C16H21F3N2/c17-16(18,19)13-4-3-8-21(11-13)9-7-12-10-20-15-6-2-1-5-14(12)15/h1-2,5-6,12-13,20H,3-4,7-11H2. The summed E-state index contributed by atoms with van der Waals surface area (Å²) >= 11 is 0. The minimum Gasteiger partial charge on any atom is -0.384 e. The smallest absolute Gasteiger partial charge is 0.384 e. The van der Waals surface area contributed by atoms with Gasteiger partial charge in [-0.05, 0) is 44.0 Å². The van der Waals surface area contributed by atoms with Crippen molar-refractivity contribution in [2.24, 2.45) is 5.92 Å². The molecule has 1 fully saturated rings. The highest BCUT2D eigenvalue weighted by Gasteiger charge is 2.41. The van der Waals surface area contributed by atoms with Crippen LogP contribution >= 0.6 is 0 Å². The molecule has 0 aromatic heterocycles. The largest absolute Gasteiger partial charge is 0.393 e. The van der Waals surface area contributed by atoms with E-state index in [0.29, 0.717) is 12.3 Å². The summed E-state index contributed by atoms with van der Waals surface area (Å²) in [6, 6.07) is 8.22. The van der Waals surface area contributed by atoms with Crippen molar-refractivity contribution >= 4 is 5.69 Å². The molecule has 1 N–H and O–H groups in total. The van der Waals surface area contributed by atoms with Crippen molar-refractivity contribution in [3.8, 4) is 0 Å². The molecule has 0 spiro atoms. The maximum atomic E-state index is 12.8. The zero-order valence-electron chi connectivity index (χ0n) is 12.0. The molecule has 2 unspecified atom stereocenters. The number of likely N-dealkylation sites (tertiary alicyclic amines) is 1. The van der Waals surface area contributed by atoms with Gasteiger partial charge < -0.3 is 10.2 Å². The van der Waals surface area contributed by atoms with Crippen molar-refractivity contribution in [3.05, 3.63) is 29.8 Å². The van der Waals surface area contributed by atoms with E-state index >= 15 is 0 Å². The Kier molecular flexibility index (Phi) is 4.11. The number of nitrogens with one attached hydrogen (secondary N) is 1. The van der Waals surface area contributed by atoms with Gasteiger partial charge in [0.1, 0.15) is 0 Å². The summed E-state index contributed by atoms with van der Waals surface area (Å²) in [5.74, 6) is -0.715. The van der Waals surface area contributed by atoms with Crippen molar-refractivity contribution < 1.29 is 13.2 Å². The van der Waals surface area contributed by atoms with E-state index in [1.807, 2.05) is 17.0 Å². The van der Waals surface area contributed by atoms with E-state index in [2.05, 4.69) is 17.4 Å². The van der Waals surface area contributed by atoms with Crippen LogP contribution in [0.1, 0.15) is 30.7 Å². The summed E-state index contributed by atoms with van der Waals surface area (Å²) in [7, 11) is 0. The molecule has 3 rings (SSSR count). The maximum Gasteiger partial charge on any atom is 0.393 e. The van der Waals surface area contributed by atoms with Gasteiger partial charge in [-0.3, -0.25) is 0 Å². The number of rotatable bonds is 3. The molecule has 0 saturated carbocycles. The predicted octanol–water partition coefficient (Wildman–Crippen LogP) is 3.86. The van der Waals surface area contributed by atoms with Gasteiger partial charge in [0.2, 0.25) is 0 Å². The van der Waals surface area contributed by atoms with Gasteiger partial charge in [0.05, 0.1) is 5.92 Å². The first-order valence-corrected chi connectivity index (χ1v) is 7.66. The van der Waals surface area contributed by atoms with E-state index in [9.17, 15) is 13.2 Å². The van der Waals surface area contributed by atoms with Gasteiger partial charge in [0.25, 0.3) is 0 Å². The van der Waals surface area contributed by atoms with Gasteiger partial charge in [0.15, 0.2) is 0 Å². The average Bonchev–Trinajstić information content (AvgIpc) is 2.88. The summed E-state index contributed by atoms with van der Waals surface area (Å²) in [5, 5.41) is 3.37. The molecular formula is C16H21F3N2. The Morgan fingerprint density at radius 2 is 2.05 bits per heavy atom. The lowest BCUT2D eigenvalue weighted by atomic mass is 9.95. The second-order valence-corrected chi connectivity index (χ2v) is 6.14. The molecule has 2 nitrogen and oxygen atoms in total. The summed E-state index contributed by atoms with van der Waals surface area (Å²) in [4.78, 5) is 1.99. The van der Waals surface area contributed by atoms with E-state index in [4.69, 9.17) is 0 Å². The Morgan fingerprint density at radius 3 is 2.86 bits per heavy atom. The summed E-state index contributed by atoms with van der Waals surface area (Å²) in [6.07, 6.45) is -2.17. The van der Waals surface area contributed by atoms with Crippen LogP contribution < -0.4 is 5.32 Å². The fourth-order valence-corrected chi connectivity index (χ4v) is 3.48. The molecule has 0 bridgehead atoms. The number of piperidine rings is 1. The van der Waals surface area contributed by atoms with Gasteiger partial charge in [-0.25, -0.2) is 0 Å². The van der Waals surface area contributed by atoms with Crippen LogP contribution in [0.5, 0.6) is 0 Å². The Morgan fingerprint density at radius 1 is 1.24 bits per heavy atom. The Bertz CT molecular complexity index is 487. The van der Waals surface area contributed by atoms with Crippen LogP contribution in [0, 0.1) is 5.92 Å². The van der Waals surface area contributed by atoms with E-state index in [1.54, 1.807) is 0 Å². The first-order valence-electron chi connectivity index (χ1n) is 7.66. The van der Waals surface area contributed by atoms with Gasteiger partial charge in [-0.15, -0.1) is 0 Å². The molecule has 2 aliphatic heterocycles. The summed E-state index contributed by atoms with van der Waals surface area (Å²) in [5.41, 5.74) is 2.48. The van der Waals surface area contributed by atoms with Crippen LogP contribution in [-0.2, 0) is 0 Å². The molecule has 0 amide bonds. The van der Waals surface area contributed by atoms with Crippen LogP contribution in [0.2, 0.25) is 0 Å². The Labute approximate surface area is 123 Å². The third-order valence-corrected chi connectivity index (χ3v) is 4.70. The highest BCUT2D eigenvalue weighted by molar-refractivity contribution is 5.57. The zero-order chi connectivity index (χ0) is 14.9. The quantitative estimate of drug-likeness (QED) is 0.911. The van der Waals surface area contributed by atoms with E-state index in [0.717, 1.165) is 26.1 Å². The summed E-state index contributed by atoms with van der Waals surface area (Å²) in [6.45, 7) is 2.63. The van der Waals surface area contributed by atoms with Gasteiger partial charge >= 0.3 is 6.18 Å². The van der Waals surface area contributed by atoms with Crippen LogP contribution in [0.25, 0.3) is 0 Å². The van der Waals surface area contributed by atoms with Crippen molar-refractivity contribution in [1.29, 1.82) is 0 Å². The number of nitrogens with zero attached hydrogens (tertiary/aromatic N) is 1. The molecule has 1 aromatic carbocycles. The SMILES string of the molecule is FC(F)(F)C1CCCN(CCC2CNc3ccccc32)C1. The van der Waals surface area contributed by atoms with Crippen LogP contribution in [0.15, 0.2) is 24.3 Å². The lowest BCUT2D eigenvalue weighted by molar-refractivity contribution is -0.186. The number of para-hydroxylation sites is 1. The van der Waals surface area contributed by atoms with Crippen LogP contribution in [0.4, 0.5) is 18.9 Å². The second kappa shape index (κ2) is 5.87. The molecule has 0 radical (unpaired) electrons. The number of alkyl halides is 3. The monoisotopic (exact) mass is 298 g/mol. The molecule has 2 atom stereocenters. The lowest BCUT2D eigenvalue weighted by Gasteiger charge is -2.34. The second-order valence-electron chi connectivity index (χ2n) is 6.14. The first-order chi connectivity index (χ1) is 10.0. The van der Waals surface area contributed by atoms with E-state index < -0.39 is 12.1 Å². The van der Waals surface area contributed by atoms with Gasteiger partial charge in [0, 0.05) is 24.7 Å². The van der Waals surface area contributed by atoms with Crippen molar-refractivity contribution in [1.82, 2.24) is 4.90 Å². The Balaban J connectivity index is 1.54. The number of fused-ring (bicyclic) bond motifs is 1. The molecule has 5 heteroatoms. The lowest BCUT2D eigenvalue weighted by Crippen LogP contribution is -2.42. The number of anilines is 1. The molecule has 21 heavy (non-hydrogen) atoms.